The molecule has 2 heterocycles. The molecule has 3 aromatic rings. The average molecular weight is 647 g/mol. The molecule has 0 bridgehead atoms. The molecule has 198 valence electrons. The standard InChI is InChI=1S/C28H27IN2O6S/c1-6-12-37-25-20(29)13-17(14-21(25)35-5)15-22-26(32)31-24(18-8-10-19(34-4)11-9-18)23(27(33)36-7-2)16(3)30-28(31)38-22/h6,8-11,13-15,24H,1,7,12H2,2-5H3/b22-15-/t24-/m1/s1. The fraction of sp³-hybridized carbons (Fsp3) is 0.250. The first-order valence-electron chi connectivity index (χ1n) is 11.8. The summed E-state index contributed by atoms with van der Waals surface area (Å²) in [4.78, 5) is 32.0. The van der Waals surface area contributed by atoms with Crippen LogP contribution in [0, 0.1) is 3.57 Å². The number of thiazole rings is 1. The Kier molecular flexibility index (Phi) is 8.72. The van der Waals surface area contributed by atoms with Gasteiger partial charge in [0.2, 0.25) is 0 Å². The van der Waals surface area contributed by atoms with Crippen LogP contribution in [0.3, 0.4) is 0 Å². The third-order valence-corrected chi connectivity index (χ3v) is 7.63. The molecule has 2 aromatic carbocycles. The average Bonchev–Trinajstić information content (AvgIpc) is 3.21. The van der Waals surface area contributed by atoms with E-state index in [9.17, 15) is 9.59 Å². The minimum atomic E-state index is -0.692. The summed E-state index contributed by atoms with van der Waals surface area (Å²) in [6, 6.07) is 10.3. The number of hydrogen-bond acceptors (Lipinski definition) is 8. The van der Waals surface area contributed by atoms with Gasteiger partial charge < -0.3 is 18.9 Å². The number of allylic oxidation sites excluding steroid dienone is 1. The number of esters is 1. The first-order valence-corrected chi connectivity index (χ1v) is 13.7. The van der Waals surface area contributed by atoms with Gasteiger partial charge in [-0.3, -0.25) is 9.36 Å². The number of rotatable bonds is 9. The van der Waals surface area contributed by atoms with Crippen LogP contribution in [0.1, 0.15) is 31.0 Å². The number of carbonyl (C=O) groups excluding carboxylic acids is 1. The van der Waals surface area contributed by atoms with Crippen LogP contribution in [0.5, 0.6) is 17.2 Å². The van der Waals surface area contributed by atoms with E-state index < -0.39 is 12.0 Å². The SMILES string of the molecule is C=CCOc1c(I)cc(/C=c2\sc3n(c2=O)[C@H](c2ccc(OC)cc2)C(C(=O)OCC)=C(C)N=3)cc1OC. The van der Waals surface area contributed by atoms with Crippen molar-refractivity contribution in [3.63, 3.8) is 0 Å². The van der Waals surface area contributed by atoms with Crippen molar-refractivity contribution in [1.29, 1.82) is 0 Å². The number of fused-ring (bicyclic) bond motifs is 1. The highest BCUT2D eigenvalue weighted by Crippen LogP contribution is 2.34. The fourth-order valence-corrected chi connectivity index (χ4v) is 5.98. The second-order valence-electron chi connectivity index (χ2n) is 8.21. The van der Waals surface area contributed by atoms with E-state index in [2.05, 4.69) is 34.2 Å². The molecule has 0 unspecified atom stereocenters. The Hall–Kier alpha value is -3.38. The maximum Gasteiger partial charge on any atom is 0.338 e. The molecule has 4 rings (SSSR count). The zero-order valence-electron chi connectivity index (χ0n) is 21.4. The third kappa shape index (κ3) is 5.41. The van der Waals surface area contributed by atoms with Gasteiger partial charge in [0.1, 0.15) is 12.4 Å². The molecule has 1 aliphatic heterocycles. The molecule has 1 aromatic heterocycles. The number of hydrogen-bond donors (Lipinski definition) is 0. The van der Waals surface area contributed by atoms with Crippen LogP contribution in [0.2, 0.25) is 0 Å². The minimum Gasteiger partial charge on any atom is -0.497 e. The van der Waals surface area contributed by atoms with Gasteiger partial charge in [0, 0.05) is 0 Å². The first kappa shape index (κ1) is 27.6. The van der Waals surface area contributed by atoms with Crippen LogP contribution in [-0.2, 0) is 9.53 Å². The van der Waals surface area contributed by atoms with E-state index in [-0.39, 0.29) is 12.2 Å². The summed E-state index contributed by atoms with van der Waals surface area (Å²) in [5.74, 6) is 1.33. The largest absolute Gasteiger partial charge is 0.497 e. The number of benzene rings is 2. The number of nitrogens with zero attached hydrogens (tertiary/aromatic N) is 2. The van der Waals surface area contributed by atoms with Crippen molar-refractivity contribution in [2.24, 2.45) is 4.99 Å². The van der Waals surface area contributed by atoms with E-state index >= 15 is 0 Å². The van der Waals surface area contributed by atoms with Crippen LogP contribution in [0.25, 0.3) is 6.08 Å². The van der Waals surface area contributed by atoms with Crippen molar-refractivity contribution in [1.82, 2.24) is 4.57 Å². The van der Waals surface area contributed by atoms with Gasteiger partial charge >= 0.3 is 5.97 Å². The van der Waals surface area contributed by atoms with Crippen LogP contribution < -0.4 is 29.1 Å². The maximum atomic E-state index is 13.8. The molecule has 8 nitrogen and oxygen atoms in total. The fourth-order valence-electron chi connectivity index (χ4n) is 4.15. The van der Waals surface area contributed by atoms with E-state index in [1.165, 1.54) is 11.3 Å². The van der Waals surface area contributed by atoms with E-state index in [1.54, 1.807) is 56.9 Å². The molecular formula is C28H27IN2O6S. The lowest BCUT2D eigenvalue weighted by molar-refractivity contribution is -0.139. The highest BCUT2D eigenvalue weighted by atomic mass is 127. The Morgan fingerprint density at radius 2 is 1.95 bits per heavy atom. The van der Waals surface area contributed by atoms with E-state index in [4.69, 9.17) is 18.9 Å². The molecule has 1 aliphatic rings. The summed E-state index contributed by atoms with van der Waals surface area (Å²) in [6.07, 6.45) is 3.45. The number of halogens is 1. The van der Waals surface area contributed by atoms with Crippen molar-refractivity contribution in [3.8, 4) is 17.2 Å². The zero-order valence-corrected chi connectivity index (χ0v) is 24.4. The van der Waals surface area contributed by atoms with Crippen molar-refractivity contribution in [2.45, 2.75) is 19.9 Å². The number of aromatic nitrogens is 1. The molecule has 1 atom stereocenters. The highest BCUT2D eigenvalue weighted by Gasteiger charge is 2.33. The van der Waals surface area contributed by atoms with Gasteiger partial charge in [0.05, 0.1) is 46.2 Å². The van der Waals surface area contributed by atoms with Crippen LogP contribution in [0.4, 0.5) is 0 Å². The van der Waals surface area contributed by atoms with Crippen molar-refractivity contribution >= 4 is 46.0 Å². The summed E-state index contributed by atoms with van der Waals surface area (Å²) in [5, 5.41) is 0. The van der Waals surface area contributed by atoms with Crippen molar-refractivity contribution in [2.75, 3.05) is 27.4 Å². The van der Waals surface area contributed by atoms with Gasteiger partial charge in [-0.05, 0) is 77.9 Å². The number of carbonyl (C=O) groups is 1. The van der Waals surface area contributed by atoms with Crippen LogP contribution >= 0.6 is 33.9 Å². The highest BCUT2D eigenvalue weighted by molar-refractivity contribution is 14.1. The summed E-state index contributed by atoms with van der Waals surface area (Å²) in [7, 11) is 3.15. The zero-order chi connectivity index (χ0) is 27.4. The topological polar surface area (TPSA) is 88.4 Å². The van der Waals surface area contributed by atoms with Crippen LogP contribution in [0.15, 0.2) is 70.1 Å². The van der Waals surface area contributed by atoms with Crippen molar-refractivity contribution < 1.29 is 23.7 Å². The van der Waals surface area contributed by atoms with Gasteiger partial charge in [-0.25, -0.2) is 9.79 Å². The molecule has 38 heavy (non-hydrogen) atoms. The predicted octanol–water partition coefficient (Wildman–Crippen LogP) is 3.98. The van der Waals surface area contributed by atoms with Crippen molar-refractivity contribution in [3.05, 3.63) is 94.7 Å². The van der Waals surface area contributed by atoms with E-state index in [0.29, 0.717) is 44.5 Å². The molecule has 0 radical (unpaired) electrons. The monoisotopic (exact) mass is 646 g/mol. The lowest BCUT2D eigenvalue weighted by Crippen LogP contribution is -2.39. The Balaban J connectivity index is 1.89. The number of methoxy groups -OCH3 is 2. The predicted molar refractivity (Wildman–Crippen MR) is 155 cm³/mol. The Labute approximate surface area is 237 Å². The van der Waals surface area contributed by atoms with E-state index in [1.807, 2.05) is 24.3 Å². The minimum absolute atomic E-state index is 0.211. The third-order valence-electron chi connectivity index (χ3n) is 5.84. The molecule has 0 aliphatic carbocycles. The molecule has 0 N–H and O–H groups in total. The lowest BCUT2D eigenvalue weighted by Gasteiger charge is -2.24. The summed E-state index contributed by atoms with van der Waals surface area (Å²) in [5.41, 5.74) is 2.10. The van der Waals surface area contributed by atoms with Gasteiger partial charge in [-0.2, -0.15) is 0 Å². The molecular weight excluding hydrogens is 619 g/mol. The Morgan fingerprint density at radius 1 is 1.21 bits per heavy atom. The second-order valence-corrected chi connectivity index (χ2v) is 10.4. The maximum absolute atomic E-state index is 13.8. The molecule has 0 amide bonds. The molecule has 0 saturated heterocycles. The molecule has 10 heteroatoms. The second kappa shape index (κ2) is 12.0. The summed E-state index contributed by atoms with van der Waals surface area (Å²) >= 11 is 3.43. The summed E-state index contributed by atoms with van der Waals surface area (Å²) in [6.45, 7) is 7.75. The molecule has 0 fully saturated rings. The quantitative estimate of drug-likeness (QED) is 0.199. The smallest absolute Gasteiger partial charge is 0.338 e. The van der Waals surface area contributed by atoms with Gasteiger partial charge in [0.15, 0.2) is 16.3 Å². The van der Waals surface area contributed by atoms with Gasteiger partial charge in [0.25, 0.3) is 5.56 Å². The summed E-state index contributed by atoms with van der Waals surface area (Å²) < 4.78 is 24.8. The van der Waals surface area contributed by atoms with Crippen LogP contribution in [-0.4, -0.2) is 38.0 Å². The number of ether oxygens (including phenoxy) is 4. The van der Waals surface area contributed by atoms with Gasteiger partial charge in [-0.15, -0.1) is 0 Å². The van der Waals surface area contributed by atoms with Gasteiger partial charge in [-0.1, -0.05) is 36.1 Å². The Bertz CT molecular complexity index is 1590. The lowest BCUT2D eigenvalue weighted by atomic mass is 9.96. The Morgan fingerprint density at radius 3 is 2.58 bits per heavy atom. The molecule has 0 spiro atoms. The molecule has 0 saturated carbocycles. The van der Waals surface area contributed by atoms with E-state index in [0.717, 1.165) is 14.7 Å². The first-order chi connectivity index (χ1) is 18.3. The normalized spacial score (nSPS) is 15.0.